The molecule has 4 nitrogen and oxygen atoms in total. The summed E-state index contributed by atoms with van der Waals surface area (Å²) in [7, 11) is 0. The van der Waals surface area contributed by atoms with Gasteiger partial charge in [0.25, 0.3) is 5.91 Å². The van der Waals surface area contributed by atoms with Crippen molar-refractivity contribution >= 4 is 29.0 Å². The van der Waals surface area contributed by atoms with E-state index in [2.05, 4.69) is 4.99 Å². The quantitative estimate of drug-likeness (QED) is 0.297. The summed E-state index contributed by atoms with van der Waals surface area (Å²) in [5, 5.41) is 11.4. The van der Waals surface area contributed by atoms with Gasteiger partial charge in [-0.1, -0.05) is 11.6 Å². The molecule has 0 spiro atoms. The molecule has 2 aromatic rings. The number of amidine groups is 1. The smallest absolute Gasteiger partial charge is 0.876 e. The van der Waals surface area contributed by atoms with Crippen LogP contribution in [0.15, 0.2) is 59.4 Å². The van der Waals surface area contributed by atoms with E-state index in [0.717, 1.165) is 4.90 Å². The molecule has 0 radical (unpaired) electrons. The van der Waals surface area contributed by atoms with Crippen LogP contribution in [0.1, 0.15) is 16.7 Å². The molecule has 30 heavy (non-hydrogen) atoms. The Hall–Kier alpha value is -2.01. The van der Waals surface area contributed by atoms with Crippen molar-refractivity contribution in [3.05, 3.63) is 76.1 Å². The molecule has 1 amide bonds. The fourth-order valence-electron chi connectivity index (χ4n) is 2.61. The van der Waals surface area contributed by atoms with E-state index >= 15 is 0 Å². The molecule has 0 saturated carbocycles. The summed E-state index contributed by atoms with van der Waals surface area (Å²) in [6.45, 7) is 0. The molecule has 1 aliphatic rings. The van der Waals surface area contributed by atoms with Gasteiger partial charge in [0, 0.05) is 10.6 Å². The molecule has 1 heterocycles. The average Bonchev–Trinajstić information content (AvgIpc) is 2.97. The van der Waals surface area contributed by atoms with Crippen LogP contribution < -0.4 is 39.6 Å². The standard InChI is InChI=1S/C18H9ClF6N2O2.Na/c19-12-1-3-13(4-2-12)27-15(26-14(8-28)16(27)29)9-5-10(17(20,21)22)7-11(6-9)18(23,24)25;/h1-8,28H;/q;+1/p-1/b14-8-;. The van der Waals surface area contributed by atoms with Crippen LogP contribution in [-0.4, -0.2) is 11.7 Å². The number of nitrogens with zero attached hydrogens (tertiary/aromatic N) is 2. The van der Waals surface area contributed by atoms with Gasteiger partial charge in [-0.25, -0.2) is 4.99 Å². The van der Waals surface area contributed by atoms with E-state index in [1.54, 1.807) is 0 Å². The van der Waals surface area contributed by atoms with Crippen molar-refractivity contribution in [2.45, 2.75) is 12.4 Å². The Morgan fingerprint density at radius 2 is 1.43 bits per heavy atom. The maximum atomic E-state index is 13.1. The second kappa shape index (κ2) is 8.62. The maximum absolute atomic E-state index is 13.1. The fourth-order valence-corrected chi connectivity index (χ4v) is 2.73. The molecule has 1 aliphatic heterocycles. The van der Waals surface area contributed by atoms with E-state index in [1.165, 1.54) is 24.3 Å². The number of rotatable bonds is 2. The van der Waals surface area contributed by atoms with Gasteiger partial charge in [-0.05, 0) is 42.5 Å². The van der Waals surface area contributed by atoms with Gasteiger partial charge in [-0.3, -0.25) is 9.69 Å². The van der Waals surface area contributed by atoms with E-state index in [9.17, 15) is 36.2 Å². The SMILES string of the molecule is O=C1/C(=C/[O-])N=C(c2cc(C(F)(F)F)cc(C(F)(F)F)c2)N1c1ccc(Cl)cc1.[Na+]. The van der Waals surface area contributed by atoms with E-state index in [4.69, 9.17) is 11.6 Å². The number of aliphatic imine (C=N–C) groups is 1. The van der Waals surface area contributed by atoms with E-state index in [-0.39, 0.29) is 52.6 Å². The Balaban J connectivity index is 0.00000320. The van der Waals surface area contributed by atoms with E-state index in [0.29, 0.717) is 12.1 Å². The molecule has 0 aliphatic carbocycles. The first-order chi connectivity index (χ1) is 13.4. The average molecular weight is 457 g/mol. The predicted molar refractivity (Wildman–Crippen MR) is 90.0 cm³/mol. The van der Waals surface area contributed by atoms with Crippen molar-refractivity contribution in [2.24, 2.45) is 4.99 Å². The minimum atomic E-state index is -5.08. The second-order valence-corrected chi connectivity index (χ2v) is 6.29. The van der Waals surface area contributed by atoms with Gasteiger partial charge >= 0.3 is 41.9 Å². The number of hydrogen-bond donors (Lipinski definition) is 0. The summed E-state index contributed by atoms with van der Waals surface area (Å²) in [6, 6.07) is 6.14. The number of amides is 1. The third-order valence-electron chi connectivity index (χ3n) is 3.90. The molecule has 12 heteroatoms. The third kappa shape index (κ3) is 4.83. The maximum Gasteiger partial charge on any atom is 1.00 e. The van der Waals surface area contributed by atoms with Crippen LogP contribution in [0.25, 0.3) is 0 Å². The van der Waals surface area contributed by atoms with Crippen LogP contribution in [0.4, 0.5) is 32.0 Å². The van der Waals surface area contributed by atoms with Gasteiger partial charge in [0.15, 0.2) is 0 Å². The summed E-state index contributed by atoms with van der Waals surface area (Å²) in [5.41, 5.74) is -4.39. The number of carbonyl (C=O) groups is 1. The predicted octanol–water partition coefficient (Wildman–Crippen LogP) is 1.38. The summed E-state index contributed by atoms with van der Waals surface area (Å²) in [4.78, 5) is 16.8. The summed E-state index contributed by atoms with van der Waals surface area (Å²) in [6.07, 6.45) is -10.1. The monoisotopic (exact) mass is 456 g/mol. The number of hydrogen-bond acceptors (Lipinski definition) is 3. The first-order valence-electron chi connectivity index (χ1n) is 7.72. The van der Waals surface area contributed by atoms with Crippen LogP contribution in [0.2, 0.25) is 5.02 Å². The molecule has 152 valence electrons. The van der Waals surface area contributed by atoms with E-state index in [1.807, 2.05) is 0 Å². The van der Waals surface area contributed by atoms with Crippen molar-refractivity contribution in [1.82, 2.24) is 0 Å². The van der Waals surface area contributed by atoms with Gasteiger partial charge < -0.3 is 5.11 Å². The Bertz CT molecular complexity index is 1000. The Morgan fingerprint density at radius 1 is 0.933 bits per heavy atom. The number of alkyl halides is 6. The minimum Gasteiger partial charge on any atom is -0.876 e. The van der Waals surface area contributed by atoms with Crippen LogP contribution >= 0.6 is 11.6 Å². The molecule has 3 rings (SSSR count). The summed E-state index contributed by atoms with van der Waals surface area (Å²) >= 11 is 5.76. The molecule has 0 saturated heterocycles. The Morgan fingerprint density at radius 3 is 1.87 bits per heavy atom. The summed E-state index contributed by atoms with van der Waals surface area (Å²) < 4.78 is 78.9. The van der Waals surface area contributed by atoms with Gasteiger partial charge in [-0.2, -0.15) is 26.3 Å². The number of halogens is 7. The fraction of sp³-hybridized carbons (Fsp3) is 0.111. The number of benzene rings is 2. The number of anilines is 1. The van der Waals surface area contributed by atoms with Gasteiger partial charge in [0.05, 0.1) is 16.8 Å². The zero-order chi connectivity index (χ0) is 21.6. The molecule has 0 aromatic heterocycles. The number of carbonyl (C=O) groups excluding carboxylic acids is 1. The van der Waals surface area contributed by atoms with Crippen molar-refractivity contribution < 1.29 is 65.8 Å². The van der Waals surface area contributed by atoms with Crippen molar-refractivity contribution in [2.75, 3.05) is 4.90 Å². The summed E-state index contributed by atoms with van der Waals surface area (Å²) in [5.74, 6) is -1.54. The molecule has 2 aromatic carbocycles. The second-order valence-electron chi connectivity index (χ2n) is 5.85. The van der Waals surface area contributed by atoms with Crippen LogP contribution in [0, 0.1) is 0 Å². The molecular formula is C18H8ClF6N2NaO2. The molecule has 0 bridgehead atoms. The molecule has 0 unspecified atom stereocenters. The first-order valence-corrected chi connectivity index (χ1v) is 8.10. The minimum absolute atomic E-state index is 0. The van der Waals surface area contributed by atoms with Crippen molar-refractivity contribution in [3.63, 3.8) is 0 Å². The van der Waals surface area contributed by atoms with Gasteiger partial charge in [-0.15, -0.1) is 6.26 Å². The van der Waals surface area contributed by atoms with Gasteiger partial charge in [0.2, 0.25) is 0 Å². The largest absolute Gasteiger partial charge is 1.00 e. The zero-order valence-corrected chi connectivity index (χ0v) is 17.7. The molecule has 0 N–H and O–H groups in total. The van der Waals surface area contributed by atoms with Crippen LogP contribution in [0.3, 0.4) is 0 Å². The normalized spacial score (nSPS) is 16.0. The van der Waals surface area contributed by atoms with Gasteiger partial charge in [0.1, 0.15) is 11.5 Å². The van der Waals surface area contributed by atoms with Crippen molar-refractivity contribution in [1.29, 1.82) is 0 Å². The topological polar surface area (TPSA) is 55.7 Å². The Labute approximate surface area is 192 Å². The molecular weight excluding hydrogens is 449 g/mol. The third-order valence-corrected chi connectivity index (χ3v) is 4.15. The van der Waals surface area contributed by atoms with Crippen LogP contribution in [0.5, 0.6) is 0 Å². The van der Waals surface area contributed by atoms with Crippen molar-refractivity contribution in [3.8, 4) is 0 Å². The zero-order valence-electron chi connectivity index (χ0n) is 15.0. The first kappa shape index (κ1) is 24.3. The van der Waals surface area contributed by atoms with Crippen LogP contribution in [-0.2, 0) is 17.1 Å². The Kier molecular flexibility index (Phi) is 6.97. The molecule has 0 atom stereocenters. The van der Waals surface area contributed by atoms with E-state index < -0.39 is 46.5 Å². The molecule has 0 fully saturated rings.